The molecule has 1 aliphatic heterocycles. The second-order valence-corrected chi connectivity index (χ2v) is 4.94. The summed E-state index contributed by atoms with van der Waals surface area (Å²) in [7, 11) is 0. The minimum atomic E-state index is 0.317. The van der Waals surface area contributed by atoms with Gasteiger partial charge in [-0.1, -0.05) is 13.2 Å². The van der Waals surface area contributed by atoms with Crippen LogP contribution in [0.25, 0.3) is 0 Å². The Bertz CT molecular complexity index is 664. The fourth-order valence-corrected chi connectivity index (χ4v) is 2.23. The first kappa shape index (κ1) is 15.3. The van der Waals surface area contributed by atoms with Crippen LogP contribution < -0.4 is 4.90 Å². The van der Waals surface area contributed by atoms with Crippen LogP contribution in [0.2, 0.25) is 0 Å². The summed E-state index contributed by atoms with van der Waals surface area (Å²) in [6, 6.07) is 11.7. The largest absolute Gasteiger partial charge is 0.368 e. The molecular formula is C17H17N5. The molecule has 1 fully saturated rings. The molecule has 0 spiro atoms. The average molecular weight is 291 g/mol. The highest BCUT2D eigenvalue weighted by Gasteiger charge is 2.17. The zero-order valence-corrected chi connectivity index (χ0v) is 12.4. The van der Waals surface area contributed by atoms with Crippen molar-refractivity contribution in [3.8, 4) is 12.1 Å². The molecule has 0 radical (unpaired) electrons. The minimum Gasteiger partial charge on any atom is -0.368 e. The molecule has 5 nitrogen and oxygen atoms in total. The Morgan fingerprint density at radius 2 is 1.73 bits per heavy atom. The highest BCUT2D eigenvalue weighted by molar-refractivity contribution is 5.83. The Morgan fingerprint density at radius 1 is 1.09 bits per heavy atom. The van der Waals surface area contributed by atoms with E-state index < -0.39 is 0 Å². The molecule has 0 aromatic heterocycles. The zero-order valence-electron chi connectivity index (χ0n) is 12.4. The Balaban J connectivity index is 1.91. The number of hydrogen-bond donors (Lipinski definition) is 0. The number of piperazine rings is 1. The van der Waals surface area contributed by atoms with Gasteiger partial charge in [-0.15, -0.1) is 0 Å². The van der Waals surface area contributed by atoms with Crippen molar-refractivity contribution in [3.63, 3.8) is 0 Å². The second-order valence-electron chi connectivity index (χ2n) is 4.94. The zero-order chi connectivity index (χ0) is 15.9. The van der Waals surface area contributed by atoms with E-state index in [-0.39, 0.29) is 0 Å². The summed E-state index contributed by atoms with van der Waals surface area (Å²) in [5, 5.41) is 17.5. The van der Waals surface area contributed by atoms with Crippen LogP contribution in [-0.4, -0.2) is 37.3 Å². The number of anilines is 1. The molecule has 0 saturated carbocycles. The third-order valence-corrected chi connectivity index (χ3v) is 3.52. The number of nitriles is 2. The minimum absolute atomic E-state index is 0.317. The molecule has 1 heterocycles. The van der Waals surface area contributed by atoms with Crippen LogP contribution in [0.5, 0.6) is 0 Å². The molecule has 0 amide bonds. The highest BCUT2D eigenvalue weighted by atomic mass is 15.3. The van der Waals surface area contributed by atoms with E-state index >= 15 is 0 Å². The lowest BCUT2D eigenvalue weighted by atomic mass is 10.2. The van der Waals surface area contributed by atoms with Crippen LogP contribution in [0.1, 0.15) is 5.56 Å². The van der Waals surface area contributed by atoms with Gasteiger partial charge >= 0.3 is 0 Å². The lowest BCUT2D eigenvalue weighted by molar-refractivity contribution is 0.320. The normalized spacial score (nSPS) is 14.5. The van der Waals surface area contributed by atoms with E-state index in [2.05, 4.69) is 34.0 Å². The fourth-order valence-electron chi connectivity index (χ4n) is 2.23. The van der Waals surface area contributed by atoms with Crippen molar-refractivity contribution in [2.75, 3.05) is 31.1 Å². The number of allylic oxidation sites excluding steroid dienone is 1. The van der Waals surface area contributed by atoms with E-state index in [4.69, 9.17) is 10.5 Å². The molecule has 1 aromatic rings. The van der Waals surface area contributed by atoms with Gasteiger partial charge in [-0.3, -0.25) is 0 Å². The molecule has 0 atom stereocenters. The van der Waals surface area contributed by atoms with Gasteiger partial charge in [0, 0.05) is 38.1 Å². The van der Waals surface area contributed by atoms with Gasteiger partial charge in [-0.25, -0.2) is 4.99 Å². The number of rotatable bonds is 4. The van der Waals surface area contributed by atoms with Crippen LogP contribution in [0, 0.1) is 22.7 Å². The maximum Gasteiger partial charge on any atom is 0.121 e. The monoisotopic (exact) mass is 291 g/mol. The Hall–Kier alpha value is -3.05. The van der Waals surface area contributed by atoms with Crippen LogP contribution in [0.3, 0.4) is 0 Å². The standard InChI is InChI=1S/C17H17N5/c1-14(11-18)13-20-15(2)21-7-9-22(10-8-21)17-5-3-16(12-19)4-6-17/h3-6,13H,1-2,7-10H2/b20-13-. The first-order valence-electron chi connectivity index (χ1n) is 6.96. The maximum atomic E-state index is 8.82. The predicted octanol–water partition coefficient (Wildman–Crippen LogP) is 2.30. The van der Waals surface area contributed by atoms with Gasteiger partial charge in [-0.05, 0) is 24.3 Å². The molecule has 0 aliphatic carbocycles. The molecule has 1 aliphatic rings. The summed E-state index contributed by atoms with van der Waals surface area (Å²) in [6.07, 6.45) is 1.44. The lowest BCUT2D eigenvalue weighted by Crippen LogP contribution is -2.45. The van der Waals surface area contributed by atoms with Gasteiger partial charge < -0.3 is 9.80 Å². The van der Waals surface area contributed by atoms with Crippen molar-refractivity contribution < 1.29 is 0 Å². The van der Waals surface area contributed by atoms with Gasteiger partial charge in [0.2, 0.25) is 0 Å². The van der Waals surface area contributed by atoms with E-state index in [0.29, 0.717) is 17.0 Å². The molecule has 110 valence electrons. The summed E-state index contributed by atoms with van der Waals surface area (Å²) >= 11 is 0. The van der Waals surface area contributed by atoms with E-state index in [9.17, 15) is 0 Å². The number of hydrogen-bond acceptors (Lipinski definition) is 5. The van der Waals surface area contributed by atoms with E-state index in [1.807, 2.05) is 30.3 Å². The average Bonchev–Trinajstić information content (AvgIpc) is 2.59. The number of benzene rings is 1. The van der Waals surface area contributed by atoms with Crippen LogP contribution in [-0.2, 0) is 0 Å². The first-order chi connectivity index (χ1) is 10.6. The quantitative estimate of drug-likeness (QED) is 0.630. The predicted molar refractivity (Wildman–Crippen MR) is 87.3 cm³/mol. The Morgan fingerprint density at radius 3 is 2.27 bits per heavy atom. The topological polar surface area (TPSA) is 66.4 Å². The van der Waals surface area contributed by atoms with Gasteiger partial charge in [0.25, 0.3) is 0 Å². The summed E-state index contributed by atoms with van der Waals surface area (Å²) in [4.78, 5) is 8.52. The van der Waals surface area contributed by atoms with Gasteiger partial charge in [0.05, 0.1) is 17.2 Å². The molecule has 5 heteroatoms. The maximum absolute atomic E-state index is 8.82. The van der Waals surface area contributed by atoms with Crippen molar-refractivity contribution in [3.05, 3.63) is 54.4 Å². The molecular weight excluding hydrogens is 274 g/mol. The van der Waals surface area contributed by atoms with Gasteiger partial charge in [0.1, 0.15) is 11.9 Å². The molecule has 1 saturated heterocycles. The SMILES string of the molecule is C=C(C#N)/C=N\C(=C)N1CCN(c2ccc(C#N)cc2)CC1. The van der Waals surface area contributed by atoms with Crippen molar-refractivity contribution in [1.29, 1.82) is 10.5 Å². The molecule has 1 aromatic carbocycles. The third-order valence-electron chi connectivity index (χ3n) is 3.52. The summed E-state index contributed by atoms with van der Waals surface area (Å²) in [5.74, 6) is 0.649. The number of nitrogens with zero attached hydrogens (tertiary/aromatic N) is 5. The summed E-state index contributed by atoms with van der Waals surface area (Å²) < 4.78 is 0. The molecule has 0 unspecified atom stereocenters. The molecule has 22 heavy (non-hydrogen) atoms. The van der Waals surface area contributed by atoms with E-state index in [0.717, 1.165) is 31.9 Å². The molecule has 0 N–H and O–H groups in total. The smallest absolute Gasteiger partial charge is 0.121 e. The van der Waals surface area contributed by atoms with Crippen molar-refractivity contribution >= 4 is 11.9 Å². The van der Waals surface area contributed by atoms with Crippen molar-refractivity contribution in [1.82, 2.24) is 4.90 Å². The Kier molecular flexibility index (Phi) is 4.95. The summed E-state index contributed by atoms with van der Waals surface area (Å²) in [5.41, 5.74) is 2.10. The van der Waals surface area contributed by atoms with Gasteiger partial charge in [-0.2, -0.15) is 10.5 Å². The number of aliphatic imine (C=N–C) groups is 1. The molecule has 2 rings (SSSR count). The fraction of sp³-hybridized carbons (Fsp3) is 0.235. The van der Waals surface area contributed by atoms with Crippen LogP contribution in [0.15, 0.2) is 53.8 Å². The lowest BCUT2D eigenvalue weighted by Gasteiger charge is -2.37. The first-order valence-corrected chi connectivity index (χ1v) is 6.96. The summed E-state index contributed by atoms with van der Waals surface area (Å²) in [6.45, 7) is 10.8. The van der Waals surface area contributed by atoms with Crippen molar-refractivity contribution in [2.24, 2.45) is 4.99 Å². The van der Waals surface area contributed by atoms with Crippen LogP contribution in [0.4, 0.5) is 5.69 Å². The highest BCUT2D eigenvalue weighted by Crippen LogP contribution is 2.18. The van der Waals surface area contributed by atoms with E-state index in [1.165, 1.54) is 6.21 Å². The van der Waals surface area contributed by atoms with Gasteiger partial charge in [0.15, 0.2) is 0 Å². The molecule has 0 bridgehead atoms. The van der Waals surface area contributed by atoms with E-state index in [1.54, 1.807) is 0 Å². The van der Waals surface area contributed by atoms with Crippen LogP contribution >= 0.6 is 0 Å². The van der Waals surface area contributed by atoms with Crippen molar-refractivity contribution in [2.45, 2.75) is 0 Å². The second kappa shape index (κ2) is 7.10. The third kappa shape index (κ3) is 3.74. The Labute approximate surface area is 130 Å².